The molecule has 9 heteroatoms. The Morgan fingerprint density at radius 2 is 0.907 bits per heavy atom. The van der Waals surface area contributed by atoms with E-state index in [1.165, 1.54) is 57.8 Å². The zero-order valence-electron chi connectivity index (χ0n) is 33.8. The Balaban J connectivity index is 4.03. The first-order valence-electron chi connectivity index (χ1n) is 20.9. The summed E-state index contributed by atoms with van der Waals surface area (Å²) in [5.41, 5.74) is 0. The molecule has 0 fully saturated rings. The maximum absolute atomic E-state index is 12.4. The van der Waals surface area contributed by atoms with E-state index in [9.17, 15) is 14.2 Å². The van der Waals surface area contributed by atoms with Gasteiger partial charge in [0.1, 0.15) is 6.61 Å². The Bertz CT molecular complexity index is 1140. The molecule has 0 aromatic rings. The molecule has 0 bridgehead atoms. The normalized spacial score (nSPS) is 13.3. The van der Waals surface area contributed by atoms with E-state index < -0.39 is 32.5 Å². The smallest absolute Gasteiger partial charge is 0.462 e. The average Bonchev–Trinajstić information content (AvgIpc) is 3.14. The largest absolute Gasteiger partial charge is 0.469 e. The molecule has 0 saturated heterocycles. The molecule has 54 heavy (non-hydrogen) atoms. The van der Waals surface area contributed by atoms with Crippen molar-refractivity contribution < 1.29 is 37.9 Å². The van der Waals surface area contributed by atoms with Crippen LogP contribution in [0, 0.1) is 0 Å². The van der Waals surface area contributed by atoms with Crippen LogP contribution in [0.15, 0.2) is 85.1 Å². The maximum atomic E-state index is 12.4. The van der Waals surface area contributed by atoms with Crippen LogP contribution in [0.1, 0.15) is 168 Å². The summed E-state index contributed by atoms with van der Waals surface area (Å²) in [6.45, 7) is 3.49. The van der Waals surface area contributed by atoms with Crippen molar-refractivity contribution >= 4 is 19.8 Å². The lowest BCUT2D eigenvalue weighted by molar-refractivity contribution is -0.161. The number of allylic oxidation sites excluding steroid dienone is 14. The molecule has 0 aromatic heterocycles. The first kappa shape index (κ1) is 51.2. The molecule has 0 heterocycles. The van der Waals surface area contributed by atoms with Crippen LogP contribution < -0.4 is 0 Å². The molecule has 308 valence electrons. The van der Waals surface area contributed by atoms with Gasteiger partial charge >= 0.3 is 19.8 Å². The van der Waals surface area contributed by atoms with E-state index in [0.717, 1.165) is 64.2 Å². The van der Waals surface area contributed by atoms with Crippen molar-refractivity contribution in [2.45, 2.75) is 174 Å². The Kier molecular flexibility index (Phi) is 37.9. The van der Waals surface area contributed by atoms with Gasteiger partial charge in [-0.2, -0.15) is 0 Å². The number of hydrogen-bond donors (Lipinski definition) is 2. The van der Waals surface area contributed by atoms with Crippen molar-refractivity contribution in [3.05, 3.63) is 85.1 Å². The van der Waals surface area contributed by atoms with Gasteiger partial charge in [0.25, 0.3) is 0 Å². The van der Waals surface area contributed by atoms with Gasteiger partial charge in [-0.05, 0) is 83.5 Å². The van der Waals surface area contributed by atoms with Gasteiger partial charge in [0.05, 0.1) is 6.61 Å². The molecule has 2 N–H and O–H groups in total. The van der Waals surface area contributed by atoms with Crippen LogP contribution in [0.2, 0.25) is 0 Å². The van der Waals surface area contributed by atoms with Crippen LogP contribution in [0.25, 0.3) is 0 Å². The zero-order chi connectivity index (χ0) is 39.6. The minimum Gasteiger partial charge on any atom is -0.462 e. The molecule has 0 rings (SSSR count). The second-order valence-corrected chi connectivity index (χ2v) is 14.8. The Hall–Kier alpha value is -2.77. The summed E-state index contributed by atoms with van der Waals surface area (Å²) in [7, 11) is -4.78. The Labute approximate surface area is 329 Å². The van der Waals surface area contributed by atoms with Gasteiger partial charge in [0.2, 0.25) is 0 Å². The van der Waals surface area contributed by atoms with Crippen molar-refractivity contribution in [1.29, 1.82) is 0 Å². The number of esters is 2. The molecule has 1 atom stereocenters. The third-order valence-electron chi connectivity index (χ3n) is 8.40. The highest BCUT2D eigenvalue weighted by molar-refractivity contribution is 7.46. The summed E-state index contributed by atoms with van der Waals surface area (Å²) in [6, 6.07) is 0. The highest BCUT2D eigenvalue weighted by Crippen LogP contribution is 2.36. The fraction of sp³-hybridized carbons (Fsp3) is 0.644. The van der Waals surface area contributed by atoms with E-state index >= 15 is 0 Å². The second-order valence-electron chi connectivity index (χ2n) is 13.6. The van der Waals surface area contributed by atoms with Gasteiger partial charge in [0.15, 0.2) is 6.10 Å². The lowest BCUT2D eigenvalue weighted by Gasteiger charge is -2.18. The standard InChI is InChI=1S/C45H75O8P/c1-3-5-7-9-11-13-15-17-19-21-22-24-25-27-29-31-33-35-37-39-44(46)51-41-43(42-52-54(48,49)50)53-45(47)40-38-36-34-32-30-28-26-23-20-18-16-14-12-10-8-6-4-2/h6,8,11-14,17-20,26,28,32,34,43H,3-5,7,9-10,15-16,21-25,27,29-31,33,35-42H2,1-2H3,(H2,48,49,50)/b8-6+,13-11+,14-12+,19-17+,20-18+,28-26+,34-32+/t43-/m1/s1. The number of ether oxygens (including phenoxy) is 2. The molecular formula is C45H75O8P. The lowest BCUT2D eigenvalue weighted by atomic mass is 10.1. The van der Waals surface area contributed by atoms with E-state index in [2.05, 4.69) is 91.3 Å². The van der Waals surface area contributed by atoms with Crippen LogP contribution in [0.4, 0.5) is 0 Å². The highest BCUT2D eigenvalue weighted by atomic mass is 31.2. The van der Waals surface area contributed by atoms with E-state index in [1.54, 1.807) is 0 Å². The monoisotopic (exact) mass is 775 g/mol. The number of hydrogen-bond acceptors (Lipinski definition) is 6. The average molecular weight is 775 g/mol. The third kappa shape index (κ3) is 42.0. The molecule has 8 nitrogen and oxygen atoms in total. The SMILES string of the molecule is CC/C=C/C/C=C/C/C=C/C/C=C/C/C=C/CCCC(=O)O[C@H](COC(=O)CCCCCCCCCCC/C=C/C/C=C/CCCCC)COP(=O)(O)O. The lowest BCUT2D eigenvalue weighted by Crippen LogP contribution is -2.29. The van der Waals surface area contributed by atoms with Crippen LogP contribution in [-0.4, -0.2) is 41.0 Å². The molecule has 0 spiro atoms. The fourth-order valence-electron chi connectivity index (χ4n) is 5.32. The highest BCUT2D eigenvalue weighted by Gasteiger charge is 2.22. The quantitative estimate of drug-likeness (QED) is 0.0277. The molecular weight excluding hydrogens is 699 g/mol. The van der Waals surface area contributed by atoms with Crippen molar-refractivity contribution in [2.75, 3.05) is 13.2 Å². The second kappa shape index (κ2) is 39.9. The summed E-state index contributed by atoms with van der Waals surface area (Å²) in [5.74, 6) is -0.964. The number of carbonyl (C=O) groups excluding carboxylic acids is 2. The number of phosphoric ester groups is 1. The number of unbranched alkanes of at least 4 members (excludes halogenated alkanes) is 13. The van der Waals surface area contributed by atoms with Gasteiger partial charge in [-0.1, -0.05) is 157 Å². The van der Waals surface area contributed by atoms with Gasteiger partial charge in [0, 0.05) is 12.8 Å². The zero-order valence-corrected chi connectivity index (χ0v) is 34.7. The van der Waals surface area contributed by atoms with Crippen LogP contribution in [0.5, 0.6) is 0 Å². The number of carbonyl (C=O) groups is 2. The van der Waals surface area contributed by atoms with Crippen molar-refractivity contribution in [3.63, 3.8) is 0 Å². The molecule has 0 amide bonds. The molecule has 0 aliphatic carbocycles. The summed E-state index contributed by atoms with van der Waals surface area (Å²) < 4.78 is 26.3. The first-order chi connectivity index (χ1) is 26.3. The third-order valence-corrected chi connectivity index (χ3v) is 8.88. The summed E-state index contributed by atoms with van der Waals surface area (Å²) in [4.78, 5) is 42.8. The summed E-state index contributed by atoms with van der Waals surface area (Å²) >= 11 is 0. The molecule has 0 aliphatic rings. The molecule has 0 saturated carbocycles. The van der Waals surface area contributed by atoms with Crippen LogP contribution in [0.3, 0.4) is 0 Å². The number of phosphoric acid groups is 1. The van der Waals surface area contributed by atoms with Crippen molar-refractivity contribution in [2.24, 2.45) is 0 Å². The van der Waals surface area contributed by atoms with Crippen LogP contribution in [-0.2, 0) is 28.2 Å². The van der Waals surface area contributed by atoms with E-state index in [0.29, 0.717) is 19.3 Å². The number of rotatable bonds is 37. The van der Waals surface area contributed by atoms with E-state index in [-0.39, 0.29) is 19.4 Å². The molecule has 0 aromatic carbocycles. The van der Waals surface area contributed by atoms with Gasteiger partial charge in [-0.15, -0.1) is 0 Å². The minimum atomic E-state index is -4.78. The Morgan fingerprint density at radius 1 is 0.500 bits per heavy atom. The Morgan fingerprint density at radius 3 is 1.39 bits per heavy atom. The predicted molar refractivity (Wildman–Crippen MR) is 225 cm³/mol. The first-order valence-corrected chi connectivity index (χ1v) is 22.4. The molecule has 0 aliphatic heterocycles. The van der Waals surface area contributed by atoms with Crippen molar-refractivity contribution in [1.82, 2.24) is 0 Å². The maximum Gasteiger partial charge on any atom is 0.469 e. The predicted octanol–water partition coefficient (Wildman–Crippen LogP) is 12.8. The fourth-order valence-corrected chi connectivity index (χ4v) is 5.68. The topological polar surface area (TPSA) is 119 Å². The van der Waals surface area contributed by atoms with Crippen LogP contribution >= 0.6 is 7.82 Å². The van der Waals surface area contributed by atoms with E-state index in [1.807, 2.05) is 12.2 Å². The van der Waals surface area contributed by atoms with Gasteiger partial charge in [-0.3, -0.25) is 14.1 Å². The van der Waals surface area contributed by atoms with Gasteiger partial charge in [-0.25, -0.2) is 4.57 Å². The summed E-state index contributed by atoms with van der Waals surface area (Å²) in [6.07, 6.45) is 53.1. The van der Waals surface area contributed by atoms with Crippen molar-refractivity contribution in [3.8, 4) is 0 Å². The molecule has 0 unspecified atom stereocenters. The van der Waals surface area contributed by atoms with Gasteiger partial charge < -0.3 is 19.3 Å². The minimum absolute atomic E-state index is 0.128. The molecule has 0 radical (unpaired) electrons. The summed E-state index contributed by atoms with van der Waals surface area (Å²) in [5, 5.41) is 0. The van der Waals surface area contributed by atoms with E-state index in [4.69, 9.17) is 19.3 Å².